The Morgan fingerprint density at radius 2 is 2.25 bits per heavy atom. The van der Waals surface area contributed by atoms with Crippen molar-refractivity contribution in [3.63, 3.8) is 0 Å². The molecule has 106 valence electrons. The zero-order chi connectivity index (χ0) is 14.3. The van der Waals surface area contributed by atoms with Gasteiger partial charge in [-0.1, -0.05) is 6.07 Å². The van der Waals surface area contributed by atoms with Crippen LogP contribution in [0.4, 0.5) is 0 Å². The van der Waals surface area contributed by atoms with E-state index in [1.54, 1.807) is 12.1 Å². The second-order valence-corrected chi connectivity index (χ2v) is 5.21. The first-order valence-corrected chi connectivity index (χ1v) is 6.94. The van der Waals surface area contributed by atoms with Crippen LogP contribution in [0.1, 0.15) is 42.0 Å². The van der Waals surface area contributed by atoms with Crippen molar-refractivity contribution in [1.82, 2.24) is 9.55 Å². The largest absolute Gasteiger partial charge is 0.478 e. The van der Waals surface area contributed by atoms with Crippen molar-refractivity contribution in [2.75, 3.05) is 6.61 Å². The van der Waals surface area contributed by atoms with Crippen LogP contribution >= 0.6 is 0 Å². The van der Waals surface area contributed by atoms with Gasteiger partial charge in [0, 0.05) is 12.6 Å². The minimum absolute atomic E-state index is 0.269. The van der Waals surface area contributed by atoms with Gasteiger partial charge < -0.3 is 14.4 Å². The molecular weight excluding hydrogens is 256 g/mol. The van der Waals surface area contributed by atoms with Crippen molar-refractivity contribution >= 4 is 17.0 Å². The lowest BCUT2D eigenvalue weighted by molar-refractivity contribution is -0.0191. The van der Waals surface area contributed by atoms with Crippen molar-refractivity contribution in [2.45, 2.75) is 38.8 Å². The van der Waals surface area contributed by atoms with E-state index >= 15 is 0 Å². The molecule has 20 heavy (non-hydrogen) atoms. The van der Waals surface area contributed by atoms with Crippen molar-refractivity contribution < 1.29 is 14.6 Å². The van der Waals surface area contributed by atoms with E-state index in [1.807, 2.05) is 19.9 Å². The average Bonchev–Trinajstić information content (AvgIpc) is 2.69. The molecule has 1 saturated carbocycles. The summed E-state index contributed by atoms with van der Waals surface area (Å²) in [6, 6.07) is 5.68. The summed E-state index contributed by atoms with van der Waals surface area (Å²) in [5.41, 5.74) is 1.75. The van der Waals surface area contributed by atoms with Crippen molar-refractivity contribution in [3.8, 4) is 0 Å². The Balaban J connectivity index is 1.98. The molecule has 1 aliphatic rings. The first-order chi connectivity index (χ1) is 9.61. The normalized spacial score (nSPS) is 21.9. The summed E-state index contributed by atoms with van der Waals surface area (Å²) in [6.07, 6.45) is 2.26. The Bertz CT molecular complexity index is 656. The number of aromatic nitrogens is 2. The van der Waals surface area contributed by atoms with E-state index in [0.717, 1.165) is 30.8 Å². The van der Waals surface area contributed by atoms with Crippen molar-refractivity contribution in [3.05, 3.63) is 29.6 Å². The topological polar surface area (TPSA) is 64.4 Å². The Hall–Kier alpha value is -1.88. The average molecular weight is 274 g/mol. The summed E-state index contributed by atoms with van der Waals surface area (Å²) >= 11 is 0. The quantitative estimate of drug-likeness (QED) is 0.931. The molecule has 0 radical (unpaired) electrons. The highest BCUT2D eigenvalue weighted by atomic mass is 16.5. The van der Waals surface area contributed by atoms with Gasteiger partial charge in [-0.3, -0.25) is 0 Å². The van der Waals surface area contributed by atoms with Crippen molar-refractivity contribution in [2.24, 2.45) is 0 Å². The second kappa shape index (κ2) is 4.90. The van der Waals surface area contributed by atoms with Crippen molar-refractivity contribution in [1.29, 1.82) is 0 Å². The third kappa shape index (κ3) is 1.98. The molecule has 0 aliphatic heterocycles. The predicted octanol–water partition coefficient (Wildman–Crippen LogP) is 2.78. The van der Waals surface area contributed by atoms with Crippen LogP contribution in [0, 0.1) is 6.92 Å². The number of carbonyl (C=O) groups is 1. The molecule has 2 aromatic rings. The van der Waals surface area contributed by atoms with E-state index in [2.05, 4.69) is 9.55 Å². The van der Waals surface area contributed by atoms with Gasteiger partial charge in [-0.25, -0.2) is 9.78 Å². The molecule has 3 rings (SSSR count). The number of para-hydroxylation sites is 1. The molecular formula is C15H18N2O3. The van der Waals surface area contributed by atoms with E-state index in [9.17, 15) is 9.90 Å². The van der Waals surface area contributed by atoms with Crippen LogP contribution in [0.2, 0.25) is 0 Å². The number of aromatic carboxylic acids is 1. The molecule has 0 amide bonds. The lowest BCUT2D eigenvalue weighted by Crippen LogP contribution is -2.33. The highest BCUT2D eigenvalue weighted by molar-refractivity contribution is 6.01. The minimum atomic E-state index is -0.930. The van der Waals surface area contributed by atoms with Gasteiger partial charge in [-0.05, 0) is 38.8 Å². The monoisotopic (exact) mass is 274 g/mol. The fraction of sp³-hybridized carbons (Fsp3) is 0.467. The Morgan fingerprint density at radius 1 is 1.50 bits per heavy atom. The molecule has 1 N–H and O–H groups in total. The number of ether oxygens (including phenoxy) is 1. The molecule has 5 heteroatoms. The Kier molecular flexibility index (Phi) is 3.22. The maximum atomic E-state index is 11.3. The number of imidazole rings is 1. The van der Waals surface area contributed by atoms with Crippen LogP contribution in [-0.2, 0) is 4.74 Å². The lowest BCUT2D eigenvalue weighted by atomic mass is 9.88. The molecule has 1 aliphatic carbocycles. The number of hydrogen-bond acceptors (Lipinski definition) is 3. The van der Waals surface area contributed by atoms with Gasteiger partial charge in [0.05, 0.1) is 17.2 Å². The van der Waals surface area contributed by atoms with E-state index in [4.69, 9.17) is 4.74 Å². The van der Waals surface area contributed by atoms with Gasteiger partial charge in [-0.2, -0.15) is 0 Å². The van der Waals surface area contributed by atoms with Crippen LogP contribution < -0.4 is 0 Å². The Labute approximate surface area is 117 Å². The first-order valence-electron chi connectivity index (χ1n) is 6.94. The summed E-state index contributed by atoms with van der Waals surface area (Å²) < 4.78 is 7.74. The van der Waals surface area contributed by atoms with Gasteiger partial charge in [0.1, 0.15) is 11.3 Å². The van der Waals surface area contributed by atoms with Crippen LogP contribution in [0.15, 0.2) is 18.2 Å². The summed E-state index contributed by atoms with van der Waals surface area (Å²) in [5, 5.41) is 9.24. The zero-order valence-corrected chi connectivity index (χ0v) is 11.7. The maximum absolute atomic E-state index is 11.3. The van der Waals surface area contributed by atoms with Crippen LogP contribution in [0.5, 0.6) is 0 Å². The number of fused-ring (bicyclic) bond motifs is 1. The van der Waals surface area contributed by atoms with Gasteiger partial charge in [0.2, 0.25) is 0 Å². The van der Waals surface area contributed by atoms with Gasteiger partial charge in [0.15, 0.2) is 0 Å². The number of carboxylic acids is 1. The standard InChI is InChI=1S/C15H18N2O3/c1-3-20-11-7-10(8-11)17-9(2)16-14-12(15(18)19)5-4-6-13(14)17/h4-6,10-11H,3,7-8H2,1-2H3,(H,18,19). The molecule has 5 nitrogen and oxygen atoms in total. The molecule has 1 aromatic carbocycles. The molecule has 0 spiro atoms. The van der Waals surface area contributed by atoms with E-state index in [-0.39, 0.29) is 5.56 Å². The molecule has 0 saturated heterocycles. The van der Waals surface area contributed by atoms with E-state index < -0.39 is 5.97 Å². The number of rotatable bonds is 4. The highest BCUT2D eigenvalue weighted by Crippen LogP contribution is 2.38. The van der Waals surface area contributed by atoms with Gasteiger partial charge >= 0.3 is 5.97 Å². The zero-order valence-electron chi connectivity index (χ0n) is 11.7. The van der Waals surface area contributed by atoms with Gasteiger partial charge in [0.25, 0.3) is 0 Å². The minimum Gasteiger partial charge on any atom is -0.478 e. The third-order valence-corrected chi connectivity index (χ3v) is 3.96. The third-order valence-electron chi connectivity index (χ3n) is 3.96. The fourth-order valence-corrected chi connectivity index (χ4v) is 2.99. The summed E-state index contributed by atoms with van der Waals surface area (Å²) in [7, 11) is 0. The lowest BCUT2D eigenvalue weighted by Gasteiger charge is -2.36. The highest BCUT2D eigenvalue weighted by Gasteiger charge is 2.33. The summed E-state index contributed by atoms with van der Waals surface area (Å²) in [6.45, 7) is 4.67. The fourth-order valence-electron chi connectivity index (χ4n) is 2.99. The number of carboxylic acid groups (broad SMARTS) is 1. The summed E-state index contributed by atoms with van der Waals surface area (Å²) in [5.74, 6) is -0.0605. The number of hydrogen-bond donors (Lipinski definition) is 1. The second-order valence-electron chi connectivity index (χ2n) is 5.21. The molecule has 0 atom stereocenters. The van der Waals surface area contributed by atoms with Crippen LogP contribution in [0.25, 0.3) is 11.0 Å². The molecule has 1 fully saturated rings. The van der Waals surface area contributed by atoms with Gasteiger partial charge in [-0.15, -0.1) is 0 Å². The number of aryl methyl sites for hydroxylation is 1. The van der Waals surface area contributed by atoms with E-state index in [1.165, 1.54) is 0 Å². The predicted molar refractivity (Wildman–Crippen MR) is 75.1 cm³/mol. The van der Waals surface area contributed by atoms with Crippen LogP contribution in [-0.4, -0.2) is 33.3 Å². The number of nitrogens with zero attached hydrogens (tertiary/aromatic N) is 2. The molecule has 0 unspecified atom stereocenters. The maximum Gasteiger partial charge on any atom is 0.337 e. The SMILES string of the molecule is CCOC1CC(n2c(C)nc3c(C(=O)O)cccc32)C1. The smallest absolute Gasteiger partial charge is 0.337 e. The van der Waals surface area contributed by atoms with E-state index in [0.29, 0.717) is 17.7 Å². The number of benzene rings is 1. The molecule has 1 aromatic heterocycles. The molecule has 1 heterocycles. The summed E-state index contributed by atoms with van der Waals surface area (Å²) in [4.78, 5) is 15.7. The Morgan fingerprint density at radius 3 is 2.90 bits per heavy atom. The molecule has 0 bridgehead atoms. The van der Waals surface area contributed by atoms with Crippen LogP contribution in [0.3, 0.4) is 0 Å². The first kappa shape index (κ1) is 13.1.